The largest absolute Gasteiger partial charge is 0.461 e. The van der Waals surface area contributed by atoms with Crippen LogP contribution < -0.4 is 0 Å². The molecule has 0 unspecified atom stereocenters. The summed E-state index contributed by atoms with van der Waals surface area (Å²) in [5.41, 5.74) is 0.610. The summed E-state index contributed by atoms with van der Waals surface area (Å²) in [6, 6.07) is 3.63. The maximum absolute atomic E-state index is 9.02. The molecule has 14 heavy (non-hydrogen) atoms. The monoisotopic (exact) mass is 256 g/mol. The summed E-state index contributed by atoms with van der Waals surface area (Å²) in [6.45, 7) is -0.0882. The van der Waals surface area contributed by atoms with Crippen LogP contribution in [-0.4, -0.2) is 14.7 Å². The van der Waals surface area contributed by atoms with Crippen molar-refractivity contribution in [3.8, 4) is 11.6 Å². The molecule has 0 bridgehead atoms. The number of hydrogen-bond acceptors (Lipinski definition) is 3. The van der Waals surface area contributed by atoms with Crippen LogP contribution in [0.1, 0.15) is 5.69 Å². The first-order valence-corrected chi connectivity index (χ1v) is 4.89. The van der Waals surface area contributed by atoms with Gasteiger partial charge in [0.1, 0.15) is 4.60 Å². The van der Waals surface area contributed by atoms with Crippen LogP contribution in [0.5, 0.6) is 0 Å². The van der Waals surface area contributed by atoms with Gasteiger partial charge in [-0.15, -0.1) is 0 Å². The summed E-state index contributed by atoms with van der Waals surface area (Å²) < 4.78 is 7.82. The third-order valence-corrected chi connectivity index (χ3v) is 2.97. The van der Waals surface area contributed by atoms with Crippen LogP contribution in [0.3, 0.4) is 0 Å². The van der Waals surface area contributed by atoms with E-state index >= 15 is 0 Å². The van der Waals surface area contributed by atoms with Crippen LogP contribution in [0.25, 0.3) is 11.6 Å². The van der Waals surface area contributed by atoms with Gasteiger partial charge in [0.15, 0.2) is 11.6 Å². The number of halogens is 1. The molecular formula is C9H9BrN2O2. The molecule has 2 aromatic rings. The first-order chi connectivity index (χ1) is 6.74. The number of imidazole rings is 1. The molecule has 0 amide bonds. The SMILES string of the molecule is Cn1c(-c2ccco2)nc(CO)c1Br. The lowest BCUT2D eigenvalue weighted by Gasteiger charge is -1.97. The predicted octanol–water partition coefficient (Wildman–Crippen LogP) is 1.93. The zero-order valence-corrected chi connectivity index (χ0v) is 9.15. The van der Waals surface area contributed by atoms with Gasteiger partial charge < -0.3 is 14.1 Å². The molecule has 0 saturated heterocycles. The Kier molecular flexibility index (Phi) is 2.43. The van der Waals surface area contributed by atoms with E-state index < -0.39 is 0 Å². The molecule has 2 rings (SSSR count). The minimum absolute atomic E-state index is 0.0882. The molecule has 74 valence electrons. The molecule has 2 heterocycles. The molecule has 0 spiro atoms. The minimum Gasteiger partial charge on any atom is -0.461 e. The number of nitrogens with zero attached hydrogens (tertiary/aromatic N) is 2. The lowest BCUT2D eigenvalue weighted by molar-refractivity contribution is 0.276. The van der Waals surface area contributed by atoms with Gasteiger partial charge in [-0.25, -0.2) is 4.98 Å². The second-order valence-corrected chi connectivity index (χ2v) is 3.62. The summed E-state index contributed by atoms with van der Waals surface area (Å²) in [5.74, 6) is 1.39. The van der Waals surface area contributed by atoms with Gasteiger partial charge >= 0.3 is 0 Å². The van der Waals surface area contributed by atoms with Gasteiger partial charge in [0.2, 0.25) is 0 Å². The van der Waals surface area contributed by atoms with E-state index in [2.05, 4.69) is 20.9 Å². The van der Waals surface area contributed by atoms with Gasteiger partial charge in [-0.2, -0.15) is 0 Å². The highest BCUT2D eigenvalue weighted by atomic mass is 79.9. The Balaban J connectivity index is 2.55. The van der Waals surface area contributed by atoms with Crippen molar-refractivity contribution in [2.24, 2.45) is 7.05 Å². The van der Waals surface area contributed by atoms with Crippen molar-refractivity contribution in [1.82, 2.24) is 9.55 Å². The van der Waals surface area contributed by atoms with Crippen molar-refractivity contribution < 1.29 is 9.52 Å². The van der Waals surface area contributed by atoms with E-state index in [1.165, 1.54) is 0 Å². The molecule has 0 aromatic carbocycles. The number of hydrogen-bond donors (Lipinski definition) is 1. The highest BCUT2D eigenvalue weighted by Gasteiger charge is 2.14. The number of furan rings is 1. The Bertz CT molecular complexity index is 434. The summed E-state index contributed by atoms with van der Waals surface area (Å²) >= 11 is 3.35. The highest BCUT2D eigenvalue weighted by Crippen LogP contribution is 2.25. The van der Waals surface area contributed by atoms with E-state index in [0.29, 0.717) is 17.3 Å². The fourth-order valence-electron chi connectivity index (χ4n) is 1.26. The van der Waals surface area contributed by atoms with E-state index in [9.17, 15) is 0 Å². The molecular weight excluding hydrogens is 248 g/mol. The molecule has 0 atom stereocenters. The average molecular weight is 257 g/mol. The van der Waals surface area contributed by atoms with E-state index in [0.717, 1.165) is 4.60 Å². The zero-order chi connectivity index (χ0) is 10.1. The van der Waals surface area contributed by atoms with Crippen molar-refractivity contribution in [2.45, 2.75) is 6.61 Å². The molecule has 0 saturated carbocycles. The molecule has 2 aromatic heterocycles. The Labute approximate surface area is 89.3 Å². The summed E-state index contributed by atoms with van der Waals surface area (Å²) in [4.78, 5) is 4.24. The minimum atomic E-state index is -0.0882. The molecule has 0 aliphatic rings. The number of aromatic nitrogens is 2. The molecule has 4 nitrogen and oxygen atoms in total. The van der Waals surface area contributed by atoms with Crippen LogP contribution in [0, 0.1) is 0 Å². The molecule has 1 N–H and O–H groups in total. The Morgan fingerprint density at radius 2 is 2.43 bits per heavy atom. The van der Waals surface area contributed by atoms with Crippen molar-refractivity contribution in [3.63, 3.8) is 0 Å². The molecule has 0 fully saturated rings. The van der Waals surface area contributed by atoms with Crippen molar-refractivity contribution in [3.05, 3.63) is 28.7 Å². The van der Waals surface area contributed by atoms with Gasteiger partial charge in [0, 0.05) is 7.05 Å². The van der Waals surface area contributed by atoms with Gasteiger partial charge in [-0.05, 0) is 28.1 Å². The second-order valence-electron chi connectivity index (χ2n) is 2.87. The van der Waals surface area contributed by atoms with Crippen LogP contribution in [0.4, 0.5) is 0 Å². The molecule has 5 heteroatoms. The quantitative estimate of drug-likeness (QED) is 0.894. The molecule has 0 aliphatic carbocycles. The van der Waals surface area contributed by atoms with E-state index in [4.69, 9.17) is 9.52 Å². The van der Waals surface area contributed by atoms with Crippen molar-refractivity contribution in [2.75, 3.05) is 0 Å². The summed E-state index contributed by atoms with van der Waals surface area (Å²) in [7, 11) is 1.86. The zero-order valence-electron chi connectivity index (χ0n) is 7.57. The van der Waals surface area contributed by atoms with Crippen LogP contribution in [0.15, 0.2) is 27.4 Å². The van der Waals surface area contributed by atoms with E-state index in [1.807, 2.05) is 17.7 Å². The first-order valence-electron chi connectivity index (χ1n) is 4.10. The first kappa shape index (κ1) is 9.48. The van der Waals surface area contributed by atoms with Crippen LogP contribution in [-0.2, 0) is 13.7 Å². The van der Waals surface area contributed by atoms with Gasteiger partial charge in [0.25, 0.3) is 0 Å². The summed E-state index contributed by atoms with van der Waals surface area (Å²) in [6.07, 6.45) is 1.59. The van der Waals surface area contributed by atoms with E-state index in [-0.39, 0.29) is 6.61 Å². The second kappa shape index (κ2) is 3.59. The lowest BCUT2D eigenvalue weighted by Crippen LogP contribution is -1.91. The number of rotatable bonds is 2. The maximum Gasteiger partial charge on any atom is 0.177 e. The van der Waals surface area contributed by atoms with Gasteiger partial charge in [-0.3, -0.25) is 0 Å². The van der Waals surface area contributed by atoms with Crippen molar-refractivity contribution >= 4 is 15.9 Å². The van der Waals surface area contributed by atoms with Crippen LogP contribution >= 0.6 is 15.9 Å². The number of aliphatic hydroxyl groups excluding tert-OH is 1. The fraction of sp³-hybridized carbons (Fsp3) is 0.222. The summed E-state index contributed by atoms with van der Waals surface area (Å²) in [5, 5.41) is 9.02. The molecule has 0 radical (unpaired) electrons. The average Bonchev–Trinajstić information content (AvgIpc) is 2.78. The van der Waals surface area contributed by atoms with Gasteiger partial charge in [-0.1, -0.05) is 0 Å². The Morgan fingerprint density at radius 1 is 1.64 bits per heavy atom. The Morgan fingerprint density at radius 3 is 2.93 bits per heavy atom. The Hall–Kier alpha value is -1.07. The third-order valence-electron chi connectivity index (χ3n) is 1.98. The normalized spacial score (nSPS) is 10.8. The standard InChI is InChI=1S/C9H9BrN2O2/c1-12-8(10)6(5-13)11-9(12)7-3-2-4-14-7/h2-4,13H,5H2,1H3. The van der Waals surface area contributed by atoms with Crippen LogP contribution in [0.2, 0.25) is 0 Å². The highest BCUT2D eigenvalue weighted by molar-refractivity contribution is 9.10. The third kappa shape index (κ3) is 1.38. The van der Waals surface area contributed by atoms with Gasteiger partial charge in [0.05, 0.1) is 18.6 Å². The molecule has 0 aliphatic heterocycles. The smallest absolute Gasteiger partial charge is 0.177 e. The van der Waals surface area contributed by atoms with E-state index in [1.54, 1.807) is 12.3 Å². The topological polar surface area (TPSA) is 51.2 Å². The fourth-order valence-corrected chi connectivity index (χ4v) is 1.64. The van der Waals surface area contributed by atoms with Crippen molar-refractivity contribution in [1.29, 1.82) is 0 Å². The maximum atomic E-state index is 9.02. The predicted molar refractivity (Wildman–Crippen MR) is 54.5 cm³/mol. The lowest BCUT2D eigenvalue weighted by atomic mass is 10.4. The number of aliphatic hydroxyl groups is 1.